The van der Waals surface area contributed by atoms with Crippen LogP contribution in [-0.2, 0) is 9.59 Å². The molecule has 4 aromatic carbocycles. The normalized spacial score (nSPS) is 11.3. The summed E-state index contributed by atoms with van der Waals surface area (Å²) in [6.45, 7) is 0. The van der Waals surface area contributed by atoms with E-state index in [1.54, 1.807) is 0 Å². The zero-order valence-electron chi connectivity index (χ0n) is 22.5. The molecule has 43 heavy (non-hydrogen) atoms. The molecule has 0 bridgehead atoms. The number of fused-ring (bicyclic) bond motifs is 3. The molecule has 212 valence electrons. The van der Waals surface area contributed by atoms with Crippen LogP contribution in [0.25, 0.3) is 44.5 Å². The fourth-order valence-electron chi connectivity index (χ4n) is 4.59. The standard InChI is InChI=1S/C31H24N8O2S2/c40-27(16-42-30-36-21-5-1-2-6-22(21)37-30)32-19-11-9-18(10-12-19)29-34-25-14-13-20(15-26(25)35-29)33-28(41)17-43-31-38-23-7-3-4-8-24(23)39-31/h1-15H,16-17H2,(H,32,40)(H,33,41)(H,34,35)(H,36,37)(H,38,39). The van der Waals surface area contributed by atoms with E-state index in [-0.39, 0.29) is 23.3 Å². The number of H-pyrrole nitrogens is 3. The molecule has 3 aromatic heterocycles. The molecule has 0 spiro atoms. The molecule has 0 radical (unpaired) electrons. The van der Waals surface area contributed by atoms with Crippen molar-refractivity contribution >= 4 is 79.8 Å². The number of hydrogen-bond acceptors (Lipinski definition) is 7. The van der Waals surface area contributed by atoms with E-state index < -0.39 is 0 Å². The van der Waals surface area contributed by atoms with Crippen molar-refractivity contribution in [1.82, 2.24) is 29.9 Å². The molecule has 0 unspecified atom stereocenters. The molecule has 0 aliphatic heterocycles. The van der Waals surface area contributed by atoms with Gasteiger partial charge >= 0.3 is 0 Å². The first-order valence-electron chi connectivity index (χ1n) is 13.4. The summed E-state index contributed by atoms with van der Waals surface area (Å²) >= 11 is 2.71. The molecule has 12 heteroatoms. The number of amides is 2. The number of anilines is 2. The van der Waals surface area contributed by atoms with Gasteiger partial charge in [-0.15, -0.1) is 0 Å². The van der Waals surface area contributed by atoms with Crippen LogP contribution in [0, 0.1) is 0 Å². The summed E-state index contributed by atoms with van der Waals surface area (Å²) in [5.74, 6) is 0.916. The van der Waals surface area contributed by atoms with Crippen LogP contribution < -0.4 is 10.6 Å². The summed E-state index contributed by atoms with van der Waals surface area (Å²) in [5.41, 5.74) is 7.47. The Hall–Kier alpha value is -5.07. The lowest BCUT2D eigenvalue weighted by Crippen LogP contribution is -2.14. The fraction of sp³-hybridized carbons (Fsp3) is 0.0645. The number of nitrogens with zero attached hydrogens (tertiary/aromatic N) is 3. The Kier molecular flexibility index (Phi) is 7.27. The first-order chi connectivity index (χ1) is 21.1. The molecule has 0 saturated carbocycles. The number of nitrogens with one attached hydrogen (secondary N) is 5. The van der Waals surface area contributed by atoms with Crippen LogP contribution in [0.4, 0.5) is 11.4 Å². The van der Waals surface area contributed by atoms with Crippen molar-refractivity contribution in [3.8, 4) is 11.4 Å². The van der Waals surface area contributed by atoms with Crippen molar-refractivity contribution in [2.45, 2.75) is 10.3 Å². The van der Waals surface area contributed by atoms with E-state index in [1.807, 2.05) is 91.0 Å². The maximum Gasteiger partial charge on any atom is 0.234 e. The monoisotopic (exact) mass is 604 g/mol. The zero-order valence-corrected chi connectivity index (χ0v) is 24.2. The maximum absolute atomic E-state index is 12.6. The van der Waals surface area contributed by atoms with E-state index in [2.05, 4.69) is 40.5 Å². The predicted octanol–water partition coefficient (Wildman–Crippen LogP) is 6.44. The first kappa shape index (κ1) is 26.8. The summed E-state index contributed by atoms with van der Waals surface area (Å²) in [5, 5.41) is 7.28. The van der Waals surface area contributed by atoms with Crippen LogP contribution >= 0.6 is 23.5 Å². The lowest BCUT2D eigenvalue weighted by molar-refractivity contribution is -0.114. The molecular weight excluding hydrogens is 581 g/mol. The van der Waals surface area contributed by atoms with Gasteiger partial charge in [0.2, 0.25) is 11.8 Å². The molecule has 0 aliphatic rings. The van der Waals surface area contributed by atoms with Crippen LogP contribution in [0.3, 0.4) is 0 Å². The summed E-state index contributed by atoms with van der Waals surface area (Å²) in [4.78, 5) is 48.5. The van der Waals surface area contributed by atoms with Gasteiger partial charge in [-0.3, -0.25) is 9.59 Å². The molecular formula is C31H24N8O2S2. The summed E-state index contributed by atoms with van der Waals surface area (Å²) < 4.78 is 0. The van der Waals surface area contributed by atoms with E-state index in [9.17, 15) is 9.59 Å². The Morgan fingerprint density at radius 2 is 1.12 bits per heavy atom. The van der Waals surface area contributed by atoms with Crippen LogP contribution in [0.15, 0.2) is 101 Å². The minimum atomic E-state index is -0.127. The molecule has 7 rings (SSSR count). The van der Waals surface area contributed by atoms with Crippen molar-refractivity contribution in [2.24, 2.45) is 0 Å². The molecule has 0 saturated heterocycles. The van der Waals surface area contributed by atoms with Crippen LogP contribution in [0.5, 0.6) is 0 Å². The number of rotatable bonds is 9. The topological polar surface area (TPSA) is 144 Å². The minimum Gasteiger partial charge on any atom is -0.338 e. The summed E-state index contributed by atoms with van der Waals surface area (Å²) in [6.07, 6.45) is 0. The van der Waals surface area contributed by atoms with Crippen molar-refractivity contribution in [2.75, 3.05) is 22.1 Å². The number of carbonyl (C=O) groups excluding carboxylic acids is 2. The minimum absolute atomic E-state index is 0.118. The average molecular weight is 605 g/mol. The number of aromatic amines is 3. The van der Waals surface area contributed by atoms with Crippen molar-refractivity contribution in [1.29, 1.82) is 0 Å². The van der Waals surface area contributed by atoms with Gasteiger partial charge in [-0.25, -0.2) is 15.0 Å². The molecule has 3 heterocycles. The smallest absolute Gasteiger partial charge is 0.234 e. The number of thioether (sulfide) groups is 2. The highest BCUT2D eigenvalue weighted by atomic mass is 32.2. The van der Waals surface area contributed by atoms with Gasteiger partial charge in [-0.2, -0.15) is 0 Å². The van der Waals surface area contributed by atoms with E-state index in [0.29, 0.717) is 27.5 Å². The number of benzene rings is 4. The van der Waals surface area contributed by atoms with E-state index in [1.165, 1.54) is 23.5 Å². The van der Waals surface area contributed by atoms with Crippen molar-refractivity contribution < 1.29 is 9.59 Å². The van der Waals surface area contributed by atoms with Gasteiger partial charge < -0.3 is 25.6 Å². The van der Waals surface area contributed by atoms with E-state index >= 15 is 0 Å². The third-order valence-electron chi connectivity index (χ3n) is 6.62. The van der Waals surface area contributed by atoms with Crippen molar-refractivity contribution in [3.05, 3.63) is 91.0 Å². The van der Waals surface area contributed by atoms with Gasteiger partial charge in [0.15, 0.2) is 10.3 Å². The highest BCUT2D eigenvalue weighted by molar-refractivity contribution is 8.00. The number of para-hydroxylation sites is 4. The fourth-order valence-corrected chi connectivity index (χ4v) is 5.96. The summed E-state index contributed by atoms with van der Waals surface area (Å²) in [7, 11) is 0. The Balaban J connectivity index is 0.942. The molecule has 0 fully saturated rings. The number of carbonyl (C=O) groups is 2. The number of imidazole rings is 3. The lowest BCUT2D eigenvalue weighted by atomic mass is 10.2. The second-order valence-corrected chi connectivity index (χ2v) is 11.6. The highest BCUT2D eigenvalue weighted by Gasteiger charge is 2.11. The molecule has 0 aliphatic carbocycles. The largest absolute Gasteiger partial charge is 0.338 e. The van der Waals surface area contributed by atoms with Gasteiger partial charge in [-0.05, 0) is 66.7 Å². The zero-order chi connectivity index (χ0) is 29.2. The third kappa shape index (κ3) is 6.10. The first-order valence-corrected chi connectivity index (χ1v) is 15.4. The van der Waals surface area contributed by atoms with Gasteiger partial charge in [0.05, 0.1) is 44.6 Å². The maximum atomic E-state index is 12.6. The van der Waals surface area contributed by atoms with Crippen LogP contribution in [0.1, 0.15) is 0 Å². The second-order valence-electron chi connectivity index (χ2n) is 9.69. The Morgan fingerprint density at radius 1 is 0.581 bits per heavy atom. The van der Waals surface area contributed by atoms with Crippen LogP contribution in [0.2, 0.25) is 0 Å². The Bertz CT molecular complexity index is 2030. The molecule has 0 atom stereocenters. The van der Waals surface area contributed by atoms with Crippen LogP contribution in [-0.4, -0.2) is 53.2 Å². The predicted molar refractivity (Wildman–Crippen MR) is 172 cm³/mol. The summed E-state index contributed by atoms with van der Waals surface area (Å²) in [6, 6.07) is 28.6. The lowest BCUT2D eigenvalue weighted by Gasteiger charge is -2.05. The second kappa shape index (κ2) is 11.7. The van der Waals surface area contributed by atoms with Crippen molar-refractivity contribution in [3.63, 3.8) is 0 Å². The molecule has 10 nitrogen and oxygen atoms in total. The van der Waals surface area contributed by atoms with Gasteiger partial charge in [-0.1, -0.05) is 47.8 Å². The number of aromatic nitrogens is 6. The highest BCUT2D eigenvalue weighted by Crippen LogP contribution is 2.25. The van der Waals surface area contributed by atoms with E-state index in [0.717, 1.165) is 38.7 Å². The quantitative estimate of drug-likeness (QED) is 0.119. The Labute approximate surface area is 253 Å². The number of hydrogen-bond donors (Lipinski definition) is 5. The third-order valence-corrected chi connectivity index (χ3v) is 8.37. The van der Waals surface area contributed by atoms with Gasteiger partial charge in [0.1, 0.15) is 5.82 Å². The van der Waals surface area contributed by atoms with Gasteiger partial charge in [0.25, 0.3) is 0 Å². The Morgan fingerprint density at radius 3 is 1.72 bits per heavy atom. The molecule has 7 aromatic rings. The van der Waals surface area contributed by atoms with Gasteiger partial charge in [0, 0.05) is 16.9 Å². The van der Waals surface area contributed by atoms with E-state index in [4.69, 9.17) is 0 Å². The SMILES string of the molecule is O=C(CSc1nc2ccccc2[nH]1)Nc1ccc(-c2nc3ccc(NC(=O)CSc4nc5ccccc5[nH]4)cc3[nH]2)cc1. The average Bonchev–Trinajstić information content (AvgIpc) is 3.75. The molecule has 2 amide bonds. The molecule has 5 N–H and O–H groups in total.